The van der Waals surface area contributed by atoms with Crippen molar-refractivity contribution in [1.29, 1.82) is 0 Å². The van der Waals surface area contributed by atoms with Gasteiger partial charge in [0.25, 0.3) is 5.91 Å². The van der Waals surface area contributed by atoms with E-state index in [0.29, 0.717) is 11.3 Å². The van der Waals surface area contributed by atoms with Crippen LogP contribution in [0, 0.1) is 0 Å². The Balaban J connectivity index is 0.00000176. The molecule has 5 nitrogen and oxygen atoms in total. The fourth-order valence-corrected chi connectivity index (χ4v) is 2.09. The van der Waals surface area contributed by atoms with E-state index in [1.54, 1.807) is 36.7 Å². The summed E-state index contributed by atoms with van der Waals surface area (Å²) >= 11 is 5.89. The Morgan fingerprint density at radius 3 is 2.50 bits per heavy atom. The van der Waals surface area contributed by atoms with Gasteiger partial charge in [0, 0.05) is 29.8 Å². The third-order valence-electron chi connectivity index (χ3n) is 2.92. The zero-order valence-electron chi connectivity index (χ0n) is 11.3. The molecule has 0 saturated heterocycles. The van der Waals surface area contributed by atoms with E-state index in [9.17, 15) is 4.79 Å². The second kappa shape index (κ2) is 7.06. The summed E-state index contributed by atoms with van der Waals surface area (Å²) < 4.78 is 0. The van der Waals surface area contributed by atoms with Crippen molar-refractivity contribution >= 4 is 35.6 Å². The number of imidazole rings is 1. The Kier molecular flexibility index (Phi) is 5.14. The van der Waals surface area contributed by atoms with E-state index < -0.39 is 0 Å². The van der Waals surface area contributed by atoms with Gasteiger partial charge in [-0.1, -0.05) is 11.6 Å². The molecule has 1 aromatic carbocycles. The van der Waals surface area contributed by atoms with Gasteiger partial charge in [0.15, 0.2) is 0 Å². The van der Waals surface area contributed by atoms with Gasteiger partial charge in [-0.05, 0) is 36.4 Å². The number of nitrogens with one attached hydrogen (secondary N) is 2. The van der Waals surface area contributed by atoms with Gasteiger partial charge in [-0.15, -0.1) is 12.4 Å². The molecule has 0 atom stereocenters. The normalized spacial score (nSPS) is 9.86. The lowest BCUT2D eigenvalue weighted by molar-refractivity contribution is 0.102. The summed E-state index contributed by atoms with van der Waals surface area (Å²) in [4.78, 5) is 23.2. The predicted octanol–water partition coefficient (Wildman–Crippen LogP) is 3.80. The number of anilines is 1. The van der Waals surface area contributed by atoms with Crippen LogP contribution in [0.25, 0.3) is 11.4 Å². The fraction of sp³-hybridized carbons (Fsp3) is 0. The summed E-state index contributed by atoms with van der Waals surface area (Å²) in [5, 5.41) is 2.96. The molecular formula is C15H12Cl2N4O. The van der Waals surface area contributed by atoms with Crippen LogP contribution in [0.4, 0.5) is 5.69 Å². The van der Waals surface area contributed by atoms with Crippen molar-refractivity contribution in [2.75, 3.05) is 5.32 Å². The smallest absolute Gasteiger partial charge is 0.258 e. The minimum Gasteiger partial charge on any atom is -0.345 e. The first-order valence-corrected chi connectivity index (χ1v) is 6.63. The Labute approximate surface area is 138 Å². The number of aromatic amines is 1. The third-order valence-corrected chi connectivity index (χ3v) is 3.22. The van der Waals surface area contributed by atoms with Crippen LogP contribution >= 0.6 is 24.0 Å². The highest BCUT2D eigenvalue weighted by molar-refractivity contribution is 6.33. The molecule has 1 amide bonds. The maximum Gasteiger partial charge on any atom is 0.258 e. The third kappa shape index (κ3) is 3.44. The summed E-state index contributed by atoms with van der Waals surface area (Å²) in [5.74, 6) is 0.488. The van der Waals surface area contributed by atoms with E-state index in [-0.39, 0.29) is 23.5 Å². The Morgan fingerprint density at radius 2 is 1.86 bits per heavy atom. The van der Waals surface area contributed by atoms with Gasteiger partial charge in [0.2, 0.25) is 0 Å². The SMILES string of the molecule is Cl.O=C(Nc1ccc(-c2ncc[nH]2)cc1)c1cccnc1Cl. The van der Waals surface area contributed by atoms with Crippen molar-refractivity contribution in [2.24, 2.45) is 0 Å². The molecule has 0 radical (unpaired) electrons. The molecule has 112 valence electrons. The molecule has 3 aromatic rings. The molecule has 2 heterocycles. The quantitative estimate of drug-likeness (QED) is 0.715. The Hall–Kier alpha value is -2.37. The number of nitrogens with zero attached hydrogens (tertiary/aromatic N) is 2. The standard InChI is InChI=1S/C15H11ClN4O.ClH/c16-13-12(2-1-7-17-13)15(21)20-11-5-3-10(4-6-11)14-18-8-9-19-14;/h1-9H,(H,18,19)(H,20,21);1H. The summed E-state index contributed by atoms with van der Waals surface area (Å²) in [7, 11) is 0. The lowest BCUT2D eigenvalue weighted by Crippen LogP contribution is -2.12. The van der Waals surface area contributed by atoms with E-state index in [0.717, 1.165) is 11.4 Å². The summed E-state index contributed by atoms with van der Waals surface area (Å²) in [6.07, 6.45) is 4.99. The lowest BCUT2D eigenvalue weighted by atomic mass is 10.2. The van der Waals surface area contributed by atoms with Crippen LogP contribution in [0.3, 0.4) is 0 Å². The molecule has 0 aliphatic heterocycles. The number of H-pyrrole nitrogens is 1. The molecule has 2 aromatic heterocycles. The zero-order valence-corrected chi connectivity index (χ0v) is 12.9. The summed E-state index contributed by atoms with van der Waals surface area (Å²) in [5.41, 5.74) is 1.96. The van der Waals surface area contributed by atoms with E-state index in [1.807, 2.05) is 12.1 Å². The molecule has 22 heavy (non-hydrogen) atoms. The molecule has 0 aliphatic carbocycles. The van der Waals surface area contributed by atoms with Gasteiger partial charge in [0.05, 0.1) is 5.56 Å². The maximum absolute atomic E-state index is 12.1. The maximum atomic E-state index is 12.1. The number of hydrogen-bond acceptors (Lipinski definition) is 3. The van der Waals surface area contributed by atoms with Crippen LogP contribution in [-0.2, 0) is 0 Å². The van der Waals surface area contributed by atoms with Crippen molar-refractivity contribution in [1.82, 2.24) is 15.0 Å². The number of aromatic nitrogens is 3. The Bertz CT molecular complexity index is 757. The number of rotatable bonds is 3. The van der Waals surface area contributed by atoms with Gasteiger partial charge in [-0.25, -0.2) is 9.97 Å². The fourth-order valence-electron chi connectivity index (χ4n) is 1.89. The molecule has 0 aliphatic rings. The topological polar surface area (TPSA) is 70.7 Å². The van der Waals surface area contributed by atoms with Crippen molar-refractivity contribution in [3.63, 3.8) is 0 Å². The van der Waals surface area contributed by atoms with Crippen molar-refractivity contribution in [3.8, 4) is 11.4 Å². The van der Waals surface area contributed by atoms with E-state index in [1.165, 1.54) is 6.20 Å². The van der Waals surface area contributed by atoms with Crippen molar-refractivity contribution in [2.45, 2.75) is 0 Å². The number of carbonyl (C=O) groups is 1. The number of hydrogen-bond donors (Lipinski definition) is 2. The molecular weight excluding hydrogens is 323 g/mol. The first kappa shape index (κ1) is 16.0. The second-order valence-electron chi connectivity index (χ2n) is 4.31. The highest BCUT2D eigenvalue weighted by Gasteiger charge is 2.10. The molecule has 0 fully saturated rings. The van der Waals surface area contributed by atoms with Gasteiger partial charge >= 0.3 is 0 Å². The van der Waals surface area contributed by atoms with Gasteiger partial charge < -0.3 is 10.3 Å². The largest absolute Gasteiger partial charge is 0.345 e. The monoisotopic (exact) mass is 334 g/mol. The van der Waals surface area contributed by atoms with Crippen LogP contribution in [0.2, 0.25) is 5.15 Å². The first-order chi connectivity index (χ1) is 10.2. The van der Waals surface area contributed by atoms with Crippen LogP contribution in [0.15, 0.2) is 55.0 Å². The van der Waals surface area contributed by atoms with Gasteiger partial charge in [0.1, 0.15) is 11.0 Å². The highest BCUT2D eigenvalue weighted by atomic mass is 35.5. The summed E-state index contributed by atoms with van der Waals surface area (Å²) in [6, 6.07) is 10.7. The molecule has 0 unspecified atom stereocenters. The minimum absolute atomic E-state index is 0. The van der Waals surface area contributed by atoms with Gasteiger partial charge in [-0.3, -0.25) is 4.79 Å². The average Bonchev–Trinajstić information content (AvgIpc) is 3.02. The lowest BCUT2D eigenvalue weighted by Gasteiger charge is -2.06. The molecule has 7 heteroatoms. The van der Waals surface area contributed by atoms with Crippen LogP contribution in [0.5, 0.6) is 0 Å². The van der Waals surface area contributed by atoms with Crippen molar-refractivity contribution < 1.29 is 4.79 Å². The number of pyridine rings is 1. The van der Waals surface area contributed by atoms with E-state index in [4.69, 9.17) is 11.6 Å². The number of benzene rings is 1. The molecule has 0 bridgehead atoms. The zero-order chi connectivity index (χ0) is 14.7. The van der Waals surface area contributed by atoms with Crippen LogP contribution in [0.1, 0.15) is 10.4 Å². The number of carbonyl (C=O) groups excluding carboxylic acids is 1. The molecule has 0 spiro atoms. The minimum atomic E-state index is -0.293. The number of amides is 1. The van der Waals surface area contributed by atoms with Crippen LogP contribution < -0.4 is 5.32 Å². The second-order valence-corrected chi connectivity index (χ2v) is 4.67. The first-order valence-electron chi connectivity index (χ1n) is 6.26. The van der Waals surface area contributed by atoms with E-state index >= 15 is 0 Å². The molecule has 3 rings (SSSR count). The summed E-state index contributed by atoms with van der Waals surface area (Å²) in [6.45, 7) is 0. The predicted molar refractivity (Wildman–Crippen MR) is 88.5 cm³/mol. The highest BCUT2D eigenvalue weighted by Crippen LogP contribution is 2.19. The molecule has 2 N–H and O–H groups in total. The molecule has 0 saturated carbocycles. The van der Waals surface area contributed by atoms with Crippen LogP contribution in [-0.4, -0.2) is 20.9 Å². The number of halogens is 2. The Morgan fingerprint density at radius 1 is 1.09 bits per heavy atom. The van der Waals surface area contributed by atoms with E-state index in [2.05, 4.69) is 20.3 Å². The van der Waals surface area contributed by atoms with Gasteiger partial charge in [-0.2, -0.15) is 0 Å². The average molecular weight is 335 g/mol. The van der Waals surface area contributed by atoms with Crippen molar-refractivity contribution in [3.05, 3.63) is 65.7 Å².